The Labute approximate surface area is 172 Å². The summed E-state index contributed by atoms with van der Waals surface area (Å²) < 4.78 is 6.66. The van der Waals surface area contributed by atoms with Gasteiger partial charge < -0.3 is 14.9 Å². The smallest absolute Gasteiger partial charge is 0.165 e. The van der Waals surface area contributed by atoms with Crippen LogP contribution in [0, 0.1) is 5.92 Å². The normalized spacial score (nSPS) is 43.3. The van der Waals surface area contributed by atoms with E-state index in [0.717, 1.165) is 63.3 Å². The maximum absolute atomic E-state index is 12.4. The average molecular weight is 397 g/mol. The SMILES string of the molecule is Oc1ccc2c3c1OC1C(N4CCCC4)CC[C@@]4(O)[C@@H](C2)N(CC2CC2)CC[C@]314. The Morgan fingerprint density at radius 1 is 1.07 bits per heavy atom. The van der Waals surface area contributed by atoms with Gasteiger partial charge in [-0.05, 0) is 88.5 Å². The highest BCUT2D eigenvalue weighted by Crippen LogP contribution is 2.66. The zero-order valence-electron chi connectivity index (χ0n) is 17.1. The molecule has 0 radical (unpaired) electrons. The van der Waals surface area contributed by atoms with E-state index in [1.165, 1.54) is 31.2 Å². The molecule has 29 heavy (non-hydrogen) atoms. The van der Waals surface area contributed by atoms with Gasteiger partial charge in [0.25, 0.3) is 0 Å². The summed E-state index contributed by atoms with van der Waals surface area (Å²) in [5.74, 6) is 1.78. The predicted octanol–water partition coefficient (Wildman–Crippen LogP) is 2.42. The third-order valence-electron chi connectivity index (χ3n) is 9.34. The van der Waals surface area contributed by atoms with Gasteiger partial charge in [-0.15, -0.1) is 0 Å². The number of ether oxygens (including phenoxy) is 1. The van der Waals surface area contributed by atoms with Gasteiger partial charge >= 0.3 is 0 Å². The van der Waals surface area contributed by atoms with Gasteiger partial charge in [0.05, 0.1) is 11.0 Å². The number of hydrogen-bond donors (Lipinski definition) is 2. The van der Waals surface area contributed by atoms with E-state index >= 15 is 0 Å². The fourth-order valence-corrected chi connectivity index (χ4v) is 7.90. The van der Waals surface area contributed by atoms with Crippen LogP contribution in [0.15, 0.2) is 12.1 Å². The third kappa shape index (κ3) is 2.07. The zero-order chi connectivity index (χ0) is 19.4. The topological polar surface area (TPSA) is 56.2 Å². The van der Waals surface area contributed by atoms with Crippen LogP contribution in [0.1, 0.15) is 56.1 Å². The molecule has 1 aromatic carbocycles. The molecule has 0 aromatic heterocycles. The predicted molar refractivity (Wildman–Crippen MR) is 109 cm³/mol. The Kier molecular flexibility index (Phi) is 3.41. The fourth-order valence-electron chi connectivity index (χ4n) is 7.90. The van der Waals surface area contributed by atoms with E-state index in [0.29, 0.717) is 11.8 Å². The molecular formula is C24H32N2O3. The van der Waals surface area contributed by atoms with Crippen LogP contribution in [-0.2, 0) is 11.8 Å². The minimum Gasteiger partial charge on any atom is -0.504 e. The van der Waals surface area contributed by atoms with E-state index in [1.807, 2.05) is 6.07 Å². The van der Waals surface area contributed by atoms with Gasteiger partial charge in [0.1, 0.15) is 6.10 Å². The molecule has 2 saturated carbocycles. The molecule has 5 atom stereocenters. The van der Waals surface area contributed by atoms with Gasteiger partial charge in [-0.25, -0.2) is 0 Å². The van der Waals surface area contributed by atoms with Gasteiger partial charge in [0, 0.05) is 24.2 Å². The number of phenols is 1. The Balaban J connectivity index is 1.39. The molecule has 3 heterocycles. The molecule has 1 spiro atoms. The van der Waals surface area contributed by atoms with Crippen LogP contribution in [0.25, 0.3) is 0 Å². The summed E-state index contributed by atoms with van der Waals surface area (Å²) in [7, 11) is 0. The molecule has 3 aliphatic carbocycles. The van der Waals surface area contributed by atoms with Crippen LogP contribution in [0.2, 0.25) is 0 Å². The summed E-state index contributed by atoms with van der Waals surface area (Å²) in [4.78, 5) is 5.23. The monoisotopic (exact) mass is 396 g/mol. The number of nitrogens with zero attached hydrogens (tertiary/aromatic N) is 2. The molecule has 5 heteroatoms. The van der Waals surface area contributed by atoms with Crippen LogP contribution in [0.3, 0.4) is 0 Å². The van der Waals surface area contributed by atoms with Crippen molar-refractivity contribution in [2.75, 3.05) is 26.2 Å². The number of likely N-dealkylation sites (tertiary alicyclic amines) is 2. The van der Waals surface area contributed by atoms with Gasteiger partial charge in [0.2, 0.25) is 0 Å². The van der Waals surface area contributed by atoms with E-state index in [4.69, 9.17) is 4.74 Å². The highest BCUT2D eigenvalue weighted by Gasteiger charge is 2.73. The summed E-state index contributed by atoms with van der Waals surface area (Å²) in [5.41, 5.74) is 1.37. The number of phenolic OH excluding ortho intramolecular Hbond substituents is 1. The molecule has 2 saturated heterocycles. The lowest BCUT2D eigenvalue weighted by molar-refractivity contribution is -0.199. The van der Waals surface area contributed by atoms with E-state index in [1.54, 1.807) is 0 Å². The number of rotatable bonds is 3. The molecule has 3 aliphatic heterocycles. The van der Waals surface area contributed by atoms with Gasteiger partial charge in [-0.1, -0.05) is 6.07 Å². The van der Waals surface area contributed by atoms with E-state index < -0.39 is 5.60 Å². The van der Waals surface area contributed by atoms with E-state index in [2.05, 4.69) is 15.9 Å². The van der Waals surface area contributed by atoms with Crippen molar-refractivity contribution in [3.05, 3.63) is 23.3 Å². The number of benzene rings is 1. The van der Waals surface area contributed by atoms with Gasteiger partial charge in [-0.3, -0.25) is 9.80 Å². The average Bonchev–Trinajstić information content (AvgIpc) is 3.22. The van der Waals surface area contributed by atoms with Crippen LogP contribution >= 0.6 is 0 Å². The molecule has 5 nitrogen and oxygen atoms in total. The van der Waals surface area contributed by atoms with Crippen LogP contribution in [0.5, 0.6) is 11.5 Å². The van der Waals surface area contributed by atoms with Crippen molar-refractivity contribution in [1.29, 1.82) is 0 Å². The second-order valence-electron chi connectivity index (χ2n) is 10.6. The summed E-state index contributed by atoms with van der Waals surface area (Å²) in [6.07, 6.45) is 8.89. The highest BCUT2D eigenvalue weighted by atomic mass is 16.5. The Hall–Kier alpha value is -1.30. The quantitative estimate of drug-likeness (QED) is 0.822. The van der Waals surface area contributed by atoms with Crippen molar-refractivity contribution < 1.29 is 14.9 Å². The standard InChI is InChI=1S/C24H32N2O3/c27-18-6-5-16-13-19-24(28)8-7-17(25-10-1-2-11-25)22-23(24,20(16)21(18)29-22)9-12-26(19)14-15-3-4-15/h5-6,15,17,19,22,27-28H,1-4,7-14H2/t17?,19-,22?,23+,24-/m1/s1. The maximum Gasteiger partial charge on any atom is 0.165 e. The van der Waals surface area contributed by atoms with Gasteiger partial charge in [0.15, 0.2) is 11.5 Å². The number of hydrogen-bond acceptors (Lipinski definition) is 5. The molecule has 7 rings (SSSR count). The Morgan fingerprint density at radius 2 is 1.90 bits per heavy atom. The maximum atomic E-state index is 12.4. The molecule has 156 valence electrons. The number of aromatic hydroxyl groups is 1. The first-order valence-electron chi connectivity index (χ1n) is 11.8. The second-order valence-corrected chi connectivity index (χ2v) is 10.6. The fraction of sp³-hybridized carbons (Fsp3) is 0.750. The number of piperidine rings is 1. The third-order valence-corrected chi connectivity index (χ3v) is 9.34. The summed E-state index contributed by atoms with van der Waals surface area (Å²) in [6, 6.07) is 4.46. The first-order chi connectivity index (χ1) is 14.1. The summed E-state index contributed by atoms with van der Waals surface area (Å²) >= 11 is 0. The lowest BCUT2D eigenvalue weighted by Crippen LogP contribution is -2.78. The van der Waals surface area contributed by atoms with Crippen molar-refractivity contribution in [2.24, 2.45) is 5.92 Å². The highest BCUT2D eigenvalue weighted by molar-refractivity contribution is 5.62. The summed E-state index contributed by atoms with van der Waals surface area (Å²) in [6.45, 7) is 4.48. The molecule has 0 amide bonds. The molecule has 2 unspecified atom stereocenters. The molecule has 1 aromatic rings. The lowest BCUT2D eigenvalue weighted by atomic mass is 9.48. The Bertz CT molecular complexity index is 864. The molecule has 4 fully saturated rings. The Morgan fingerprint density at radius 3 is 2.69 bits per heavy atom. The zero-order valence-corrected chi connectivity index (χ0v) is 17.1. The van der Waals surface area contributed by atoms with Crippen molar-refractivity contribution in [2.45, 2.75) is 80.6 Å². The van der Waals surface area contributed by atoms with Crippen molar-refractivity contribution >= 4 is 0 Å². The largest absolute Gasteiger partial charge is 0.504 e. The minimum atomic E-state index is -0.743. The lowest BCUT2D eigenvalue weighted by Gasteiger charge is -2.64. The van der Waals surface area contributed by atoms with Crippen molar-refractivity contribution in [1.82, 2.24) is 9.80 Å². The minimum absolute atomic E-state index is 0.0349. The molecule has 2 N–H and O–H groups in total. The van der Waals surface area contributed by atoms with Crippen molar-refractivity contribution in [3.8, 4) is 11.5 Å². The molecule has 2 bridgehead atoms. The van der Waals surface area contributed by atoms with E-state index in [-0.39, 0.29) is 23.3 Å². The van der Waals surface area contributed by atoms with Crippen LogP contribution in [-0.4, -0.2) is 70.0 Å². The van der Waals surface area contributed by atoms with Crippen LogP contribution < -0.4 is 4.74 Å². The van der Waals surface area contributed by atoms with Crippen molar-refractivity contribution in [3.63, 3.8) is 0 Å². The van der Waals surface area contributed by atoms with E-state index in [9.17, 15) is 10.2 Å². The second kappa shape index (κ2) is 5.68. The molecule has 6 aliphatic rings. The number of aliphatic hydroxyl groups is 1. The molecular weight excluding hydrogens is 364 g/mol. The van der Waals surface area contributed by atoms with Crippen LogP contribution in [0.4, 0.5) is 0 Å². The van der Waals surface area contributed by atoms with Gasteiger partial charge in [-0.2, -0.15) is 0 Å². The first-order valence-corrected chi connectivity index (χ1v) is 11.8. The summed E-state index contributed by atoms with van der Waals surface area (Å²) in [5, 5.41) is 23.1. The first kappa shape index (κ1) is 17.4.